The molecule has 0 rings (SSSR count). The van der Waals surface area contributed by atoms with Crippen molar-refractivity contribution in [1.29, 1.82) is 0 Å². The molecule has 0 aliphatic carbocycles. The van der Waals surface area contributed by atoms with Gasteiger partial charge in [0.1, 0.15) is 0 Å². The second-order valence-electron chi connectivity index (χ2n) is 2.48. The molecule has 0 aromatic carbocycles. The average molecular weight is 462 g/mol. The molecule has 0 aliphatic rings. The third-order valence-electron chi connectivity index (χ3n) is 0.781. The number of hydrogen-bond donors (Lipinski definition) is 2. The molecule has 0 spiro atoms. The van der Waals surface area contributed by atoms with Crippen LogP contribution in [0.3, 0.4) is 0 Å². The van der Waals surface area contributed by atoms with Crippen LogP contribution in [0.1, 0.15) is 20.3 Å². The standard InChI is InChI=1S/C5H11.2Ba.H2O3S2.2H/c1-4-5(2)3;;;1-5(2,3)4;;/h5H,1,4H2,2-3H3;;;(H2,1,2,3,4);;/q;;+1;;;. The molecule has 3 nitrogen and oxygen atoms in total. The quantitative estimate of drug-likeness (QED) is 0.584. The monoisotopic (exact) mass is 463 g/mol. The van der Waals surface area contributed by atoms with Gasteiger partial charge in [0.05, 0.1) is 0 Å². The molecule has 0 radical (unpaired) electrons. The summed E-state index contributed by atoms with van der Waals surface area (Å²) in [5.74, 6) is 0.947. The van der Waals surface area contributed by atoms with Gasteiger partial charge in [-0.05, 0) is 0 Å². The van der Waals surface area contributed by atoms with E-state index in [1.54, 1.807) is 0 Å². The van der Waals surface area contributed by atoms with Crippen LogP contribution in [0, 0.1) is 5.92 Å². The molecular formula is C5H15Ba2O3S2+. The van der Waals surface area contributed by atoms with E-state index in [9.17, 15) is 0 Å². The Kier molecular flexibility index (Phi) is 21.7. The van der Waals surface area contributed by atoms with E-state index in [2.05, 4.69) is 25.0 Å². The minimum absolute atomic E-state index is 0. The van der Waals surface area contributed by atoms with Gasteiger partial charge in [-0.2, -0.15) is 4.21 Å². The van der Waals surface area contributed by atoms with Crippen LogP contribution in [0.5, 0.6) is 0 Å². The average Bonchev–Trinajstić information content (AvgIpc) is 1.58. The summed E-state index contributed by atoms with van der Waals surface area (Å²) in [7, 11) is -3.83. The Balaban J connectivity index is -0.000000126. The molecule has 0 heterocycles. The molecule has 0 unspecified atom stereocenters. The van der Waals surface area contributed by atoms with Crippen molar-refractivity contribution in [3.63, 3.8) is 0 Å². The molecule has 0 atom stereocenters. The van der Waals surface area contributed by atoms with Crippen molar-refractivity contribution in [2.75, 3.05) is 0 Å². The van der Waals surface area contributed by atoms with Gasteiger partial charge in [-0.15, -0.1) is 0 Å². The van der Waals surface area contributed by atoms with Gasteiger partial charge >= 0.3 is 122 Å². The van der Waals surface area contributed by atoms with Gasteiger partial charge in [0.2, 0.25) is 0 Å². The van der Waals surface area contributed by atoms with E-state index in [1.807, 2.05) is 0 Å². The first-order valence-electron chi connectivity index (χ1n) is 3.26. The maximum absolute atomic E-state index is 9.11. The predicted octanol–water partition coefficient (Wildman–Crippen LogP) is 0.382. The molecule has 0 saturated carbocycles. The number of rotatable bonds is 2. The van der Waals surface area contributed by atoms with E-state index >= 15 is 0 Å². The van der Waals surface area contributed by atoms with Gasteiger partial charge in [0, 0.05) is 11.2 Å². The van der Waals surface area contributed by atoms with Crippen LogP contribution >= 0.6 is 0 Å². The fourth-order valence-corrected chi connectivity index (χ4v) is 2.97. The maximum atomic E-state index is 9.11. The summed E-state index contributed by atoms with van der Waals surface area (Å²) in [6.45, 7) is 4.57. The molecule has 0 amide bonds. The van der Waals surface area contributed by atoms with E-state index in [4.69, 9.17) is 13.3 Å². The summed E-state index contributed by atoms with van der Waals surface area (Å²) < 4.78 is 25.5. The summed E-state index contributed by atoms with van der Waals surface area (Å²) in [4.78, 5) is 0. The second-order valence-corrected chi connectivity index (χ2v) is 6.90. The van der Waals surface area contributed by atoms with Crippen LogP contribution in [-0.2, 0) is 20.2 Å². The number of hydrogen-bond acceptors (Lipinski definition) is 2. The van der Waals surface area contributed by atoms with Gasteiger partial charge in [0.25, 0.3) is 9.05 Å². The van der Waals surface area contributed by atoms with Gasteiger partial charge in [-0.1, -0.05) is 0 Å². The fourth-order valence-electron chi connectivity index (χ4n) is 0.408. The van der Waals surface area contributed by atoms with Crippen LogP contribution in [0.4, 0.5) is 0 Å². The van der Waals surface area contributed by atoms with Crippen molar-refractivity contribution in [3.05, 3.63) is 0 Å². The molecule has 0 bridgehead atoms. The summed E-state index contributed by atoms with van der Waals surface area (Å²) in [5, 5.41) is 0. The van der Waals surface area contributed by atoms with E-state index in [0.29, 0.717) is 0 Å². The van der Waals surface area contributed by atoms with Crippen LogP contribution < -0.4 is 0 Å². The normalized spacial score (nSPS) is 9.92. The Morgan fingerprint density at radius 3 is 1.75 bits per heavy atom. The van der Waals surface area contributed by atoms with Crippen LogP contribution in [-0.4, -0.2) is 109 Å². The zero-order chi connectivity index (χ0) is 9.49. The van der Waals surface area contributed by atoms with Gasteiger partial charge in [-0.25, -0.2) is 0 Å². The molecule has 2 N–H and O–H groups in total. The van der Waals surface area contributed by atoms with E-state index < -0.39 is 9.05 Å². The van der Waals surface area contributed by atoms with Crippen LogP contribution in [0.15, 0.2) is 0 Å². The van der Waals surface area contributed by atoms with Crippen LogP contribution in [0.2, 0.25) is 0.889 Å². The topological polar surface area (TPSA) is 57.5 Å². The summed E-state index contributed by atoms with van der Waals surface area (Å²) >= 11 is 4.52. The first-order chi connectivity index (χ1) is 4.77. The molecule has 0 aromatic heterocycles. The van der Waals surface area contributed by atoms with Crippen molar-refractivity contribution in [3.8, 4) is 0 Å². The van der Waals surface area contributed by atoms with E-state index in [0.717, 1.165) is 52.5 Å². The Hall–Kier alpha value is 3.43. The van der Waals surface area contributed by atoms with E-state index in [1.165, 1.54) is 7.31 Å². The molecule has 68 valence electrons. The minimum atomic E-state index is -3.83. The Bertz CT molecular complexity index is 160. The summed E-state index contributed by atoms with van der Waals surface area (Å²) in [6.07, 6.45) is 1.46. The van der Waals surface area contributed by atoms with Gasteiger partial charge in [-0.3, -0.25) is 9.11 Å². The van der Waals surface area contributed by atoms with Crippen molar-refractivity contribution in [2.24, 2.45) is 5.92 Å². The SMILES string of the molecule is CC(C)C[CH2][Ba+].O=S(O)(O)=S.[BaH2]. The zero-order valence-corrected chi connectivity index (χ0v) is 12.9. The predicted molar refractivity (Wildman–Crippen MR) is 59.3 cm³/mol. The van der Waals surface area contributed by atoms with Crippen molar-refractivity contribution in [1.82, 2.24) is 0 Å². The molecule has 12 heavy (non-hydrogen) atoms. The van der Waals surface area contributed by atoms with Crippen molar-refractivity contribution in [2.45, 2.75) is 21.2 Å². The summed E-state index contributed by atoms with van der Waals surface area (Å²) in [6, 6.07) is 0. The van der Waals surface area contributed by atoms with Crippen molar-refractivity contribution >= 4 is 116 Å². The summed E-state index contributed by atoms with van der Waals surface area (Å²) in [5.41, 5.74) is 0. The first kappa shape index (κ1) is 20.8. The Morgan fingerprint density at radius 1 is 1.50 bits per heavy atom. The van der Waals surface area contributed by atoms with Crippen molar-refractivity contribution < 1.29 is 13.3 Å². The van der Waals surface area contributed by atoms with Gasteiger partial charge in [0.15, 0.2) is 0 Å². The molecule has 0 aliphatic heterocycles. The molecule has 7 heteroatoms. The third kappa shape index (κ3) is 50.2. The Morgan fingerprint density at radius 2 is 1.75 bits per heavy atom. The second kappa shape index (κ2) is 12.5. The fraction of sp³-hybridized carbons (Fsp3) is 1.00. The third-order valence-corrected chi connectivity index (χ3v) is 2.06. The Labute approximate surface area is 152 Å². The molecule has 0 saturated heterocycles. The molecule has 0 aromatic rings. The molecule has 0 fully saturated rings. The van der Waals surface area contributed by atoms with Gasteiger partial charge < -0.3 is 0 Å². The zero-order valence-electron chi connectivity index (χ0n) is 6.82. The van der Waals surface area contributed by atoms with E-state index in [-0.39, 0.29) is 48.9 Å². The van der Waals surface area contributed by atoms with Crippen LogP contribution in [0.25, 0.3) is 0 Å². The first-order valence-corrected chi connectivity index (χ1v) is 8.80. The molecular weight excluding hydrogens is 447 g/mol.